The predicted molar refractivity (Wildman–Crippen MR) is 105 cm³/mol. The van der Waals surface area contributed by atoms with Gasteiger partial charge >= 0.3 is 0 Å². The van der Waals surface area contributed by atoms with Gasteiger partial charge in [0.2, 0.25) is 11.8 Å². The van der Waals surface area contributed by atoms with Crippen molar-refractivity contribution in [2.24, 2.45) is 5.41 Å². The number of rotatable bonds is 4. The molecule has 0 radical (unpaired) electrons. The summed E-state index contributed by atoms with van der Waals surface area (Å²) in [5.41, 5.74) is 2.76. The lowest BCUT2D eigenvalue weighted by atomic mass is 9.89. The van der Waals surface area contributed by atoms with Crippen LogP contribution in [0.4, 0.5) is 11.4 Å². The Labute approximate surface area is 155 Å². The molecule has 0 bridgehead atoms. The largest absolute Gasteiger partial charge is 0.325 e. The zero-order valence-electron chi connectivity index (χ0n) is 15.9. The fourth-order valence-corrected chi connectivity index (χ4v) is 3.38. The van der Waals surface area contributed by atoms with Gasteiger partial charge in [-0.05, 0) is 49.4 Å². The van der Waals surface area contributed by atoms with Gasteiger partial charge in [-0.2, -0.15) is 0 Å². The molecule has 3 rings (SSSR count). The molecule has 2 aromatic rings. The average Bonchev–Trinajstić information content (AvgIpc) is 3.05. The van der Waals surface area contributed by atoms with Crippen LogP contribution < -0.4 is 10.2 Å². The van der Waals surface area contributed by atoms with Crippen molar-refractivity contribution in [3.05, 3.63) is 59.7 Å². The third-order valence-electron chi connectivity index (χ3n) is 5.07. The molecule has 136 valence electrons. The van der Waals surface area contributed by atoms with E-state index in [1.807, 2.05) is 48.5 Å². The van der Waals surface area contributed by atoms with Crippen LogP contribution in [0, 0.1) is 5.41 Å². The standard InChI is InChI=1S/C22H26N2O2/c1-15(2)17-10-6-7-11-18(17)23-20(25)22(3,4)21(26)24-14-13-16-9-5-8-12-19(16)24/h5-12,15H,13-14H2,1-4H3,(H,23,25). The number of nitrogens with one attached hydrogen (secondary N) is 1. The number of para-hydroxylation sites is 2. The summed E-state index contributed by atoms with van der Waals surface area (Å²) in [5.74, 6) is -0.155. The van der Waals surface area contributed by atoms with Gasteiger partial charge in [-0.1, -0.05) is 50.2 Å². The molecule has 1 heterocycles. The van der Waals surface area contributed by atoms with Gasteiger partial charge in [0.25, 0.3) is 0 Å². The summed E-state index contributed by atoms with van der Waals surface area (Å²) in [7, 11) is 0. The van der Waals surface area contributed by atoms with E-state index >= 15 is 0 Å². The van der Waals surface area contributed by atoms with Crippen molar-refractivity contribution in [3.63, 3.8) is 0 Å². The maximum atomic E-state index is 13.1. The van der Waals surface area contributed by atoms with Gasteiger partial charge in [0.15, 0.2) is 0 Å². The number of amides is 2. The maximum Gasteiger partial charge on any atom is 0.242 e. The highest BCUT2D eigenvalue weighted by molar-refractivity contribution is 6.15. The third-order valence-corrected chi connectivity index (χ3v) is 5.07. The monoisotopic (exact) mass is 350 g/mol. The van der Waals surface area contributed by atoms with Gasteiger partial charge in [0.05, 0.1) is 0 Å². The summed E-state index contributed by atoms with van der Waals surface area (Å²) in [4.78, 5) is 27.8. The summed E-state index contributed by atoms with van der Waals surface area (Å²) >= 11 is 0. The lowest BCUT2D eigenvalue weighted by Crippen LogP contribution is -2.47. The van der Waals surface area contributed by atoms with Crippen molar-refractivity contribution in [2.75, 3.05) is 16.8 Å². The number of anilines is 2. The SMILES string of the molecule is CC(C)c1ccccc1NC(=O)C(C)(C)C(=O)N1CCc2ccccc21. The Morgan fingerprint density at radius 1 is 1.04 bits per heavy atom. The number of carbonyl (C=O) groups is 2. The van der Waals surface area contributed by atoms with E-state index in [-0.39, 0.29) is 17.7 Å². The molecule has 1 aliphatic rings. The van der Waals surface area contributed by atoms with Crippen LogP contribution in [-0.4, -0.2) is 18.4 Å². The third kappa shape index (κ3) is 3.24. The molecule has 0 fully saturated rings. The van der Waals surface area contributed by atoms with E-state index in [4.69, 9.17) is 0 Å². The highest BCUT2D eigenvalue weighted by Gasteiger charge is 2.41. The number of hydrogen-bond donors (Lipinski definition) is 1. The van der Waals surface area contributed by atoms with Crippen LogP contribution in [0.3, 0.4) is 0 Å². The smallest absolute Gasteiger partial charge is 0.242 e. The van der Waals surface area contributed by atoms with Crippen molar-refractivity contribution in [2.45, 2.75) is 40.0 Å². The number of hydrogen-bond acceptors (Lipinski definition) is 2. The molecule has 0 aromatic heterocycles. The zero-order valence-corrected chi connectivity index (χ0v) is 15.9. The number of carbonyl (C=O) groups excluding carboxylic acids is 2. The number of fused-ring (bicyclic) bond motifs is 1. The van der Waals surface area contributed by atoms with Crippen molar-refractivity contribution in [1.29, 1.82) is 0 Å². The van der Waals surface area contributed by atoms with Crippen LogP contribution in [0.1, 0.15) is 44.7 Å². The van der Waals surface area contributed by atoms with Gasteiger partial charge in [0.1, 0.15) is 5.41 Å². The second kappa shape index (κ2) is 6.94. The Morgan fingerprint density at radius 3 is 2.42 bits per heavy atom. The van der Waals surface area contributed by atoms with Gasteiger partial charge in [-0.3, -0.25) is 9.59 Å². The molecule has 1 aliphatic heterocycles. The summed E-state index contributed by atoms with van der Waals surface area (Å²) < 4.78 is 0. The lowest BCUT2D eigenvalue weighted by Gasteiger charge is -2.29. The van der Waals surface area contributed by atoms with Crippen LogP contribution in [0.15, 0.2) is 48.5 Å². The summed E-state index contributed by atoms with van der Waals surface area (Å²) in [6.07, 6.45) is 0.829. The maximum absolute atomic E-state index is 13.1. The first-order chi connectivity index (χ1) is 12.3. The lowest BCUT2D eigenvalue weighted by molar-refractivity contribution is -0.136. The number of benzene rings is 2. The van der Waals surface area contributed by atoms with E-state index in [1.165, 1.54) is 0 Å². The van der Waals surface area contributed by atoms with Crippen LogP contribution in [-0.2, 0) is 16.0 Å². The summed E-state index contributed by atoms with van der Waals surface area (Å²) in [5, 5.41) is 2.97. The normalized spacial score (nSPS) is 13.7. The van der Waals surface area contributed by atoms with E-state index in [9.17, 15) is 9.59 Å². The molecule has 0 spiro atoms. The minimum Gasteiger partial charge on any atom is -0.325 e. The highest BCUT2D eigenvalue weighted by Crippen LogP contribution is 2.33. The Hall–Kier alpha value is -2.62. The number of nitrogens with zero attached hydrogens (tertiary/aromatic N) is 1. The van der Waals surface area contributed by atoms with Gasteiger partial charge in [-0.25, -0.2) is 0 Å². The molecular formula is C22H26N2O2. The van der Waals surface area contributed by atoms with Gasteiger partial charge < -0.3 is 10.2 Å². The first-order valence-corrected chi connectivity index (χ1v) is 9.12. The molecule has 2 aromatic carbocycles. The molecule has 0 saturated heterocycles. The first-order valence-electron chi connectivity index (χ1n) is 9.12. The molecular weight excluding hydrogens is 324 g/mol. The Balaban J connectivity index is 1.82. The predicted octanol–water partition coefficient (Wildman–Crippen LogP) is 4.36. The Bertz CT molecular complexity index is 840. The molecule has 2 amide bonds. The van der Waals surface area contributed by atoms with Crippen LogP contribution in [0.2, 0.25) is 0 Å². The molecule has 4 nitrogen and oxygen atoms in total. The van der Waals surface area contributed by atoms with Gasteiger partial charge in [0, 0.05) is 17.9 Å². The molecule has 0 aliphatic carbocycles. The van der Waals surface area contributed by atoms with E-state index in [0.717, 1.165) is 28.9 Å². The van der Waals surface area contributed by atoms with Crippen molar-refractivity contribution in [1.82, 2.24) is 0 Å². The van der Waals surface area contributed by atoms with E-state index in [0.29, 0.717) is 6.54 Å². The molecule has 0 saturated carbocycles. The van der Waals surface area contributed by atoms with Crippen molar-refractivity contribution >= 4 is 23.2 Å². The van der Waals surface area contributed by atoms with Crippen LogP contribution >= 0.6 is 0 Å². The minimum atomic E-state index is -1.15. The fraction of sp³-hybridized carbons (Fsp3) is 0.364. The van der Waals surface area contributed by atoms with Gasteiger partial charge in [-0.15, -0.1) is 0 Å². The average molecular weight is 350 g/mol. The Morgan fingerprint density at radius 2 is 1.69 bits per heavy atom. The van der Waals surface area contributed by atoms with Crippen molar-refractivity contribution in [3.8, 4) is 0 Å². The molecule has 1 N–H and O–H groups in total. The molecule has 0 unspecified atom stereocenters. The van der Waals surface area contributed by atoms with Crippen LogP contribution in [0.25, 0.3) is 0 Å². The molecule has 0 atom stereocenters. The zero-order chi connectivity index (χ0) is 18.9. The van der Waals surface area contributed by atoms with E-state index in [1.54, 1.807) is 18.7 Å². The second-order valence-corrected chi connectivity index (χ2v) is 7.66. The second-order valence-electron chi connectivity index (χ2n) is 7.66. The molecule has 26 heavy (non-hydrogen) atoms. The summed E-state index contributed by atoms with van der Waals surface area (Å²) in [6.45, 7) is 8.19. The topological polar surface area (TPSA) is 49.4 Å². The summed E-state index contributed by atoms with van der Waals surface area (Å²) in [6, 6.07) is 15.6. The minimum absolute atomic E-state index is 0.165. The highest BCUT2D eigenvalue weighted by atomic mass is 16.2. The fourth-order valence-electron chi connectivity index (χ4n) is 3.38. The quantitative estimate of drug-likeness (QED) is 0.833. The first kappa shape index (κ1) is 18.2. The Kier molecular flexibility index (Phi) is 4.86. The van der Waals surface area contributed by atoms with Crippen molar-refractivity contribution < 1.29 is 9.59 Å². The molecule has 4 heteroatoms. The van der Waals surface area contributed by atoms with Crippen LogP contribution in [0.5, 0.6) is 0 Å². The van der Waals surface area contributed by atoms with E-state index in [2.05, 4.69) is 19.2 Å². The van der Waals surface area contributed by atoms with E-state index < -0.39 is 5.41 Å².